The van der Waals surface area contributed by atoms with Crippen molar-refractivity contribution in [1.82, 2.24) is 4.98 Å². The van der Waals surface area contributed by atoms with Gasteiger partial charge >= 0.3 is 5.97 Å². The molecule has 1 heterocycles. The van der Waals surface area contributed by atoms with Crippen molar-refractivity contribution in [2.45, 2.75) is 0 Å². The molecule has 11 heteroatoms. The van der Waals surface area contributed by atoms with Crippen molar-refractivity contribution in [2.24, 2.45) is 0 Å². The summed E-state index contributed by atoms with van der Waals surface area (Å²) in [6.45, 7) is -0.948. The van der Waals surface area contributed by atoms with Crippen molar-refractivity contribution >= 4 is 48.1 Å². The Hall–Kier alpha value is -1.93. The minimum atomic E-state index is -4.97. The molecule has 136 valence electrons. The second-order valence-corrected chi connectivity index (χ2v) is 7.08. The zero-order valence-corrected chi connectivity index (χ0v) is 15.1. The molecule has 0 bridgehead atoms. The molecule has 0 aliphatic rings. The average molecular weight is 417 g/mol. The van der Waals surface area contributed by atoms with Gasteiger partial charge in [0.2, 0.25) is 5.89 Å². The fourth-order valence-electron chi connectivity index (χ4n) is 2.08. The number of hydrogen-bond donors (Lipinski definition) is 1. The maximum Gasteiger partial charge on any atom is 0.340 e. The molecule has 0 aliphatic heterocycles. The van der Waals surface area contributed by atoms with Crippen molar-refractivity contribution < 1.29 is 32.8 Å². The van der Waals surface area contributed by atoms with Crippen LogP contribution in [0.15, 0.2) is 40.8 Å². The first-order valence-electron chi connectivity index (χ1n) is 6.94. The normalized spacial score (nSPS) is 13.5. The maximum absolute atomic E-state index is 11.9. The highest BCUT2D eigenvalue weighted by Crippen LogP contribution is 2.31. The molecule has 26 heavy (non-hydrogen) atoms. The lowest BCUT2D eigenvalue weighted by Gasteiger charge is -2.14. The third kappa shape index (κ3) is 4.62. The van der Waals surface area contributed by atoms with Crippen LogP contribution in [0.1, 0.15) is 10.4 Å². The summed E-state index contributed by atoms with van der Waals surface area (Å²) in [6.07, 6.45) is 0. The Kier molecular flexibility index (Phi) is 5.34. The van der Waals surface area contributed by atoms with Gasteiger partial charge in [-0.25, -0.2) is 9.78 Å². The Bertz CT molecular complexity index is 1010. The number of nitrogens with zero attached hydrogens (tertiary/aromatic N) is 1. The summed E-state index contributed by atoms with van der Waals surface area (Å²) < 4.78 is 24.6. The van der Waals surface area contributed by atoms with E-state index < -0.39 is 20.6 Å². The quantitative estimate of drug-likeness (QED) is 0.381. The number of phosphoric ester groups is 1. The van der Waals surface area contributed by atoms with E-state index in [0.717, 1.165) is 0 Å². The highest BCUT2D eigenvalue weighted by atomic mass is 35.5. The first-order valence-corrected chi connectivity index (χ1v) is 9.19. The number of halogens is 2. The molecule has 3 rings (SSSR count). The van der Waals surface area contributed by atoms with Gasteiger partial charge in [-0.3, -0.25) is 9.09 Å². The zero-order valence-electron chi connectivity index (χ0n) is 12.7. The lowest BCUT2D eigenvalue weighted by Crippen LogP contribution is -2.11. The predicted octanol–water partition coefficient (Wildman–Crippen LogP) is 3.39. The molecule has 0 saturated carbocycles. The van der Waals surface area contributed by atoms with E-state index in [2.05, 4.69) is 14.2 Å². The van der Waals surface area contributed by atoms with Crippen LogP contribution >= 0.6 is 31.0 Å². The van der Waals surface area contributed by atoms with E-state index in [4.69, 9.17) is 32.5 Å². The van der Waals surface area contributed by atoms with Crippen molar-refractivity contribution in [3.05, 3.63) is 52.0 Å². The smallest absolute Gasteiger partial charge is 0.340 e. The van der Waals surface area contributed by atoms with Crippen molar-refractivity contribution in [3.8, 4) is 11.5 Å². The molecule has 1 atom stereocenters. The molecule has 1 unspecified atom stereocenters. The summed E-state index contributed by atoms with van der Waals surface area (Å²) in [5.74, 6) is -0.616. The number of oxazole rings is 1. The van der Waals surface area contributed by atoms with E-state index in [-0.39, 0.29) is 11.5 Å². The summed E-state index contributed by atoms with van der Waals surface area (Å²) in [4.78, 5) is 35.0. The first kappa shape index (κ1) is 18.8. The Morgan fingerprint density at radius 3 is 2.58 bits per heavy atom. The summed E-state index contributed by atoms with van der Waals surface area (Å²) in [7, 11) is -4.97. The number of hydrogen-bond acceptors (Lipinski definition) is 7. The van der Waals surface area contributed by atoms with E-state index in [1.165, 1.54) is 18.2 Å². The summed E-state index contributed by atoms with van der Waals surface area (Å²) in [6, 6.07) is 9.13. The van der Waals surface area contributed by atoms with Crippen LogP contribution in [-0.2, 0) is 13.8 Å². The number of fused-ring (bicyclic) bond motifs is 1. The minimum Gasteiger partial charge on any atom is -0.756 e. The molecule has 0 radical (unpaired) electrons. The molecule has 0 amide bonds. The number of phosphoric acid groups is 1. The van der Waals surface area contributed by atoms with Gasteiger partial charge in [0.25, 0.3) is 7.82 Å². The zero-order chi connectivity index (χ0) is 18.9. The lowest BCUT2D eigenvalue weighted by atomic mass is 10.2. The molecule has 0 aliphatic carbocycles. The largest absolute Gasteiger partial charge is 0.756 e. The van der Waals surface area contributed by atoms with Crippen LogP contribution in [0.2, 0.25) is 10.0 Å². The Labute approximate surface area is 156 Å². The number of ether oxygens (including phenoxy) is 1. The molecule has 1 N–H and O–H groups in total. The SMILES string of the molecule is O=C(OCOP(=O)([O-])O)c1ccc2nc(-c3cc(Cl)cc(Cl)c3)oc2c1. The number of rotatable bonds is 5. The van der Waals surface area contributed by atoms with Gasteiger partial charge in [-0.1, -0.05) is 23.2 Å². The molecule has 8 nitrogen and oxygen atoms in total. The Morgan fingerprint density at radius 2 is 1.92 bits per heavy atom. The molecule has 1 aromatic heterocycles. The topological polar surface area (TPSA) is 122 Å². The van der Waals surface area contributed by atoms with Gasteiger partial charge in [0.15, 0.2) is 12.4 Å². The van der Waals surface area contributed by atoms with Gasteiger partial charge in [-0.2, -0.15) is 0 Å². The molecule has 0 spiro atoms. The van der Waals surface area contributed by atoms with Crippen LogP contribution in [0, 0.1) is 0 Å². The number of carbonyl (C=O) groups excluding carboxylic acids is 1. The van der Waals surface area contributed by atoms with Crippen LogP contribution in [0.3, 0.4) is 0 Å². The van der Waals surface area contributed by atoms with Gasteiger partial charge in [-0.05, 0) is 36.4 Å². The third-order valence-electron chi connectivity index (χ3n) is 3.14. The second-order valence-electron chi connectivity index (χ2n) is 5.01. The Balaban J connectivity index is 1.83. The number of esters is 1. The fraction of sp³-hybridized carbons (Fsp3) is 0.0667. The molecule has 0 fully saturated rings. The van der Waals surface area contributed by atoms with Gasteiger partial charge in [0.1, 0.15) is 5.52 Å². The van der Waals surface area contributed by atoms with Crippen molar-refractivity contribution in [2.75, 3.05) is 6.79 Å². The highest BCUT2D eigenvalue weighted by molar-refractivity contribution is 7.44. The van der Waals surface area contributed by atoms with Crippen LogP contribution in [0.25, 0.3) is 22.6 Å². The lowest BCUT2D eigenvalue weighted by molar-refractivity contribution is -0.225. The van der Waals surface area contributed by atoms with Crippen LogP contribution in [-0.4, -0.2) is 22.6 Å². The number of benzene rings is 2. The van der Waals surface area contributed by atoms with Gasteiger partial charge < -0.3 is 18.9 Å². The van der Waals surface area contributed by atoms with E-state index in [1.54, 1.807) is 18.2 Å². The van der Waals surface area contributed by atoms with Crippen LogP contribution in [0.4, 0.5) is 0 Å². The summed E-state index contributed by atoms with van der Waals surface area (Å²) >= 11 is 11.9. The molecule has 0 saturated heterocycles. The maximum atomic E-state index is 11.9. The molecule has 3 aromatic rings. The van der Waals surface area contributed by atoms with Crippen LogP contribution < -0.4 is 4.89 Å². The van der Waals surface area contributed by atoms with E-state index in [1.807, 2.05) is 0 Å². The molecule has 2 aromatic carbocycles. The average Bonchev–Trinajstić information content (AvgIpc) is 2.95. The molecular weight excluding hydrogens is 408 g/mol. The van der Waals surface area contributed by atoms with Crippen LogP contribution in [0.5, 0.6) is 0 Å². The number of carbonyl (C=O) groups is 1. The minimum absolute atomic E-state index is 0.0756. The Morgan fingerprint density at radius 1 is 1.23 bits per heavy atom. The van der Waals surface area contributed by atoms with Gasteiger partial charge in [0, 0.05) is 15.6 Å². The standard InChI is InChI=1S/C15H10Cl2NO7P/c16-10-3-9(4-11(17)6-10)14-18-12-2-1-8(5-13(12)25-14)15(19)23-7-24-26(20,21)22/h1-6H,7H2,(H2,20,21,22)/p-1. The second kappa shape index (κ2) is 7.36. The predicted molar refractivity (Wildman–Crippen MR) is 90.7 cm³/mol. The number of aromatic nitrogens is 1. The highest BCUT2D eigenvalue weighted by Gasteiger charge is 2.14. The van der Waals surface area contributed by atoms with Crippen molar-refractivity contribution in [3.63, 3.8) is 0 Å². The van der Waals surface area contributed by atoms with Gasteiger partial charge in [-0.15, -0.1) is 0 Å². The van der Waals surface area contributed by atoms with E-state index >= 15 is 0 Å². The van der Waals surface area contributed by atoms with Crippen molar-refractivity contribution in [1.29, 1.82) is 0 Å². The third-order valence-corrected chi connectivity index (χ3v) is 4.01. The fourth-order valence-corrected chi connectivity index (χ4v) is 2.79. The first-order chi connectivity index (χ1) is 12.2. The van der Waals surface area contributed by atoms with Gasteiger partial charge in [0.05, 0.1) is 5.56 Å². The molecular formula is C15H9Cl2NO7P-. The van der Waals surface area contributed by atoms with E-state index in [9.17, 15) is 14.3 Å². The monoisotopic (exact) mass is 416 g/mol. The summed E-state index contributed by atoms with van der Waals surface area (Å²) in [5.41, 5.74) is 1.41. The summed E-state index contributed by atoms with van der Waals surface area (Å²) in [5, 5.41) is 0.831. The van der Waals surface area contributed by atoms with E-state index in [0.29, 0.717) is 26.7 Å².